The molecule has 0 aromatic carbocycles. The molecule has 1 aliphatic carbocycles. The van der Waals surface area contributed by atoms with E-state index in [0.717, 1.165) is 19.6 Å². The van der Waals surface area contributed by atoms with E-state index in [1.807, 2.05) is 0 Å². The molecule has 1 saturated carbocycles. The number of nitrogens with two attached hydrogens (primary N) is 1. The van der Waals surface area contributed by atoms with Crippen molar-refractivity contribution in [2.75, 3.05) is 36.0 Å². The van der Waals surface area contributed by atoms with Crippen molar-refractivity contribution in [3.63, 3.8) is 0 Å². The lowest BCUT2D eigenvalue weighted by Crippen LogP contribution is -2.31. The minimum absolute atomic E-state index is 0.281. The van der Waals surface area contributed by atoms with Crippen LogP contribution in [0.2, 0.25) is 0 Å². The van der Waals surface area contributed by atoms with E-state index in [1.165, 1.54) is 51.4 Å². The summed E-state index contributed by atoms with van der Waals surface area (Å²) in [6.07, 6.45) is 9.98. The Morgan fingerprint density at radius 2 is 1.61 bits per heavy atom. The third-order valence-corrected chi connectivity index (χ3v) is 4.85. The average Bonchev–Trinajstić information content (AvgIpc) is 2.82. The standard InChI is InChI=1S/C16H29N7/c17-14-21-15(19-11-12-7-9-18-10-8-12)23-16(22-14)20-13-5-3-1-2-4-6-13/h12-13,18H,1-11H2,(H4,17,19,20,21,22,23). The van der Waals surface area contributed by atoms with Crippen molar-refractivity contribution in [3.8, 4) is 0 Å². The van der Waals surface area contributed by atoms with Crippen LogP contribution in [0, 0.1) is 5.92 Å². The molecule has 7 nitrogen and oxygen atoms in total. The zero-order chi connectivity index (χ0) is 15.9. The third kappa shape index (κ3) is 5.20. The molecule has 1 saturated heterocycles. The molecule has 23 heavy (non-hydrogen) atoms. The third-order valence-electron chi connectivity index (χ3n) is 4.85. The Balaban J connectivity index is 1.56. The second-order valence-corrected chi connectivity index (χ2v) is 6.75. The van der Waals surface area contributed by atoms with Gasteiger partial charge in [0.15, 0.2) is 0 Å². The van der Waals surface area contributed by atoms with Gasteiger partial charge in [-0.15, -0.1) is 0 Å². The van der Waals surface area contributed by atoms with Gasteiger partial charge in [0.2, 0.25) is 17.8 Å². The van der Waals surface area contributed by atoms with Gasteiger partial charge in [0, 0.05) is 12.6 Å². The first kappa shape index (κ1) is 16.2. The van der Waals surface area contributed by atoms with Crippen LogP contribution >= 0.6 is 0 Å². The topological polar surface area (TPSA) is 101 Å². The Morgan fingerprint density at radius 3 is 2.35 bits per heavy atom. The Bertz CT molecular complexity index is 479. The molecule has 1 aliphatic heterocycles. The summed E-state index contributed by atoms with van der Waals surface area (Å²) in [6, 6.07) is 0.455. The second kappa shape index (κ2) is 8.29. The Hall–Kier alpha value is -1.63. The summed E-state index contributed by atoms with van der Waals surface area (Å²) in [5.74, 6) is 2.15. The van der Waals surface area contributed by atoms with Crippen LogP contribution in [-0.4, -0.2) is 40.6 Å². The maximum atomic E-state index is 5.85. The quantitative estimate of drug-likeness (QED) is 0.616. The lowest BCUT2D eigenvalue weighted by atomic mass is 9.98. The van der Waals surface area contributed by atoms with Crippen LogP contribution in [0.3, 0.4) is 0 Å². The highest BCUT2D eigenvalue weighted by Gasteiger charge is 2.16. The van der Waals surface area contributed by atoms with Crippen molar-refractivity contribution in [1.29, 1.82) is 0 Å². The molecular weight excluding hydrogens is 290 g/mol. The summed E-state index contributed by atoms with van der Waals surface area (Å²) < 4.78 is 0. The number of rotatable bonds is 5. The van der Waals surface area contributed by atoms with Gasteiger partial charge in [-0.25, -0.2) is 0 Å². The van der Waals surface area contributed by atoms with Gasteiger partial charge < -0.3 is 21.7 Å². The van der Waals surface area contributed by atoms with Gasteiger partial charge in [-0.2, -0.15) is 15.0 Å². The van der Waals surface area contributed by atoms with Crippen LogP contribution in [0.15, 0.2) is 0 Å². The molecule has 7 heteroatoms. The summed E-state index contributed by atoms with van der Waals surface area (Å²) in [4.78, 5) is 13.0. The predicted octanol–water partition coefficient (Wildman–Crippen LogP) is 2.00. The highest BCUT2D eigenvalue weighted by molar-refractivity contribution is 5.40. The molecule has 1 aromatic rings. The smallest absolute Gasteiger partial charge is 0.229 e. The van der Waals surface area contributed by atoms with Crippen molar-refractivity contribution in [3.05, 3.63) is 0 Å². The van der Waals surface area contributed by atoms with Gasteiger partial charge in [-0.05, 0) is 44.7 Å². The number of aromatic nitrogens is 3. The molecule has 0 amide bonds. The summed E-state index contributed by atoms with van der Waals surface area (Å²) >= 11 is 0. The molecule has 0 unspecified atom stereocenters. The molecule has 0 radical (unpaired) electrons. The van der Waals surface area contributed by atoms with E-state index in [2.05, 4.69) is 30.9 Å². The molecule has 0 atom stereocenters. The number of hydrogen-bond donors (Lipinski definition) is 4. The number of anilines is 3. The SMILES string of the molecule is Nc1nc(NCC2CCNCC2)nc(NC2CCCCCC2)n1. The minimum atomic E-state index is 0.281. The van der Waals surface area contributed by atoms with E-state index in [9.17, 15) is 0 Å². The van der Waals surface area contributed by atoms with E-state index in [-0.39, 0.29) is 5.95 Å². The number of nitrogens with zero attached hydrogens (tertiary/aromatic N) is 3. The lowest BCUT2D eigenvalue weighted by Gasteiger charge is -2.23. The van der Waals surface area contributed by atoms with Gasteiger partial charge in [0.25, 0.3) is 0 Å². The van der Waals surface area contributed by atoms with E-state index in [0.29, 0.717) is 23.9 Å². The fourth-order valence-electron chi connectivity index (χ4n) is 3.46. The molecule has 2 aliphatic rings. The van der Waals surface area contributed by atoms with E-state index >= 15 is 0 Å². The summed E-state index contributed by atoms with van der Waals surface area (Å²) in [6.45, 7) is 3.09. The van der Waals surface area contributed by atoms with E-state index in [1.54, 1.807) is 0 Å². The number of piperidine rings is 1. The highest BCUT2D eigenvalue weighted by atomic mass is 15.2. The molecular formula is C16H29N7. The number of nitrogens with one attached hydrogen (secondary N) is 3. The number of nitrogen functional groups attached to an aromatic ring is 1. The second-order valence-electron chi connectivity index (χ2n) is 6.75. The first-order valence-corrected chi connectivity index (χ1v) is 9.02. The maximum absolute atomic E-state index is 5.85. The zero-order valence-corrected chi connectivity index (χ0v) is 13.9. The first-order valence-electron chi connectivity index (χ1n) is 9.02. The fourth-order valence-corrected chi connectivity index (χ4v) is 3.46. The summed E-state index contributed by atoms with van der Waals surface area (Å²) in [5, 5.41) is 10.2. The Morgan fingerprint density at radius 1 is 0.913 bits per heavy atom. The molecule has 1 aromatic heterocycles. The van der Waals surface area contributed by atoms with Crippen molar-refractivity contribution in [2.45, 2.75) is 57.4 Å². The van der Waals surface area contributed by atoms with Gasteiger partial charge >= 0.3 is 0 Å². The van der Waals surface area contributed by atoms with Crippen LogP contribution in [0.1, 0.15) is 51.4 Å². The monoisotopic (exact) mass is 319 g/mol. The summed E-state index contributed by atoms with van der Waals surface area (Å²) in [7, 11) is 0. The molecule has 3 rings (SSSR count). The molecule has 0 bridgehead atoms. The normalized spacial score (nSPS) is 20.9. The van der Waals surface area contributed by atoms with Gasteiger partial charge in [-0.1, -0.05) is 25.7 Å². The number of hydrogen-bond acceptors (Lipinski definition) is 7. The van der Waals surface area contributed by atoms with E-state index < -0.39 is 0 Å². The van der Waals surface area contributed by atoms with Crippen LogP contribution in [0.4, 0.5) is 17.8 Å². The van der Waals surface area contributed by atoms with Crippen molar-refractivity contribution < 1.29 is 0 Å². The largest absolute Gasteiger partial charge is 0.368 e. The molecule has 128 valence electrons. The average molecular weight is 319 g/mol. The maximum Gasteiger partial charge on any atom is 0.229 e. The van der Waals surface area contributed by atoms with E-state index in [4.69, 9.17) is 5.73 Å². The predicted molar refractivity (Wildman–Crippen MR) is 93.4 cm³/mol. The van der Waals surface area contributed by atoms with Crippen LogP contribution in [0.25, 0.3) is 0 Å². The van der Waals surface area contributed by atoms with Crippen molar-refractivity contribution in [2.24, 2.45) is 5.92 Å². The molecule has 0 spiro atoms. The van der Waals surface area contributed by atoms with Crippen LogP contribution in [-0.2, 0) is 0 Å². The van der Waals surface area contributed by atoms with Gasteiger partial charge in [0.1, 0.15) is 0 Å². The lowest BCUT2D eigenvalue weighted by molar-refractivity contribution is 0.389. The van der Waals surface area contributed by atoms with Crippen molar-refractivity contribution in [1.82, 2.24) is 20.3 Å². The zero-order valence-electron chi connectivity index (χ0n) is 13.9. The molecule has 2 heterocycles. The summed E-state index contributed by atoms with van der Waals surface area (Å²) in [5.41, 5.74) is 5.85. The van der Waals surface area contributed by atoms with Gasteiger partial charge in [-0.3, -0.25) is 0 Å². The van der Waals surface area contributed by atoms with Crippen LogP contribution < -0.4 is 21.7 Å². The Kier molecular flexibility index (Phi) is 5.85. The fraction of sp³-hybridized carbons (Fsp3) is 0.812. The molecule has 2 fully saturated rings. The van der Waals surface area contributed by atoms with Crippen molar-refractivity contribution >= 4 is 17.8 Å². The Labute approximate surface area is 138 Å². The molecule has 5 N–H and O–H groups in total. The minimum Gasteiger partial charge on any atom is -0.368 e. The highest BCUT2D eigenvalue weighted by Crippen LogP contribution is 2.20. The van der Waals surface area contributed by atoms with Crippen LogP contribution in [0.5, 0.6) is 0 Å². The van der Waals surface area contributed by atoms with Gasteiger partial charge in [0.05, 0.1) is 0 Å². The first-order chi connectivity index (χ1) is 11.3.